The Kier molecular flexibility index (Phi) is 8.33. The molecule has 0 amide bonds. The highest BCUT2D eigenvalue weighted by Gasteiger charge is 2.16. The maximum atomic E-state index is 9.71. The van der Waals surface area contributed by atoms with Crippen LogP contribution >= 0.6 is 35.0 Å². The fourth-order valence-corrected chi connectivity index (χ4v) is 5.15. The van der Waals surface area contributed by atoms with E-state index in [1.165, 1.54) is 11.9 Å². The summed E-state index contributed by atoms with van der Waals surface area (Å²) in [6.07, 6.45) is 5.13. The SMILES string of the molecule is CC.N#Cc1cc(SNC2NC=CS2)ccc1Oc1ccc(-c2ccsc2)nc1-c1ccoc1. The van der Waals surface area contributed by atoms with Crippen LogP contribution in [0.5, 0.6) is 11.5 Å². The molecule has 34 heavy (non-hydrogen) atoms. The summed E-state index contributed by atoms with van der Waals surface area (Å²) in [5.74, 6) is 1.03. The van der Waals surface area contributed by atoms with Crippen LogP contribution in [-0.2, 0) is 0 Å². The molecule has 0 aliphatic carbocycles. The maximum Gasteiger partial charge on any atom is 0.153 e. The Bertz CT molecular complexity index is 1270. The first kappa shape index (κ1) is 24.0. The number of nitrogens with zero attached hydrogens (tertiary/aromatic N) is 2. The van der Waals surface area contributed by atoms with Gasteiger partial charge in [-0.2, -0.15) is 16.6 Å². The van der Waals surface area contributed by atoms with Gasteiger partial charge in [0.2, 0.25) is 0 Å². The number of nitrogens with one attached hydrogen (secondary N) is 2. The number of benzene rings is 1. The van der Waals surface area contributed by atoms with Gasteiger partial charge in [-0.15, -0.1) is 0 Å². The number of hydrogen-bond donors (Lipinski definition) is 2. The molecule has 5 rings (SSSR count). The minimum absolute atomic E-state index is 0.104. The van der Waals surface area contributed by atoms with E-state index in [0.29, 0.717) is 22.8 Å². The lowest BCUT2D eigenvalue weighted by atomic mass is 10.1. The molecule has 1 aromatic carbocycles. The number of thioether (sulfide) groups is 1. The molecule has 2 N–H and O–H groups in total. The van der Waals surface area contributed by atoms with E-state index in [1.54, 1.807) is 35.6 Å². The van der Waals surface area contributed by atoms with Gasteiger partial charge in [-0.05, 0) is 65.2 Å². The van der Waals surface area contributed by atoms with Crippen molar-refractivity contribution in [3.8, 4) is 40.1 Å². The molecule has 3 aromatic heterocycles. The second-order valence-electron chi connectivity index (χ2n) is 6.64. The van der Waals surface area contributed by atoms with Crippen LogP contribution in [0.3, 0.4) is 0 Å². The van der Waals surface area contributed by atoms with Gasteiger partial charge in [0, 0.05) is 27.6 Å². The summed E-state index contributed by atoms with van der Waals surface area (Å²) < 4.78 is 14.7. The van der Waals surface area contributed by atoms with Crippen LogP contribution in [0.25, 0.3) is 22.5 Å². The Morgan fingerprint density at radius 2 is 2.03 bits per heavy atom. The minimum atomic E-state index is 0.104. The molecule has 1 aliphatic rings. The van der Waals surface area contributed by atoms with E-state index in [9.17, 15) is 5.26 Å². The first-order valence-corrected chi connectivity index (χ1v) is 13.3. The molecule has 1 atom stereocenters. The highest BCUT2D eigenvalue weighted by atomic mass is 32.2. The Morgan fingerprint density at radius 3 is 2.74 bits per heavy atom. The molecule has 0 saturated heterocycles. The number of pyridine rings is 1. The summed E-state index contributed by atoms with van der Waals surface area (Å²) in [5, 5.41) is 18.9. The fraction of sp³-hybridized carbons (Fsp3) is 0.120. The summed E-state index contributed by atoms with van der Waals surface area (Å²) in [5.41, 5.74) is 3.91. The van der Waals surface area contributed by atoms with E-state index < -0.39 is 0 Å². The van der Waals surface area contributed by atoms with Gasteiger partial charge in [0.25, 0.3) is 0 Å². The van der Waals surface area contributed by atoms with Gasteiger partial charge < -0.3 is 14.5 Å². The number of aromatic nitrogens is 1. The molecule has 172 valence electrons. The van der Waals surface area contributed by atoms with Crippen LogP contribution < -0.4 is 14.8 Å². The number of ether oxygens (including phenoxy) is 1. The second-order valence-corrected chi connectivity index (χ2v) is 9.35. The van der Waals surface area contributed by atoms with Gasteiger partial charge in [0.1, 0.15) is 23.0 Å². The first-order chi connectivity index (χ1) is 16.8. The molecule has 0 fully saturated rings. The Morgan fingerprint density at radius 1 is 1.15 bits per heavy atom. The minimum Gasteiger partial charge on any atom is -0.472 e. The van der Waals surface area contributed by atoms with Gasteiger partial charge in [-0.3, -0.25) is 0 Å². The molecule has 1 unspecified atom stereocenters. The molecule has 4 heterocycles. The molecule has 6 nitrogen and oxygen atoms in total. The van der Waals surface area contributed by atoms with E-state index in [2.05, 4.69) is 21.5 Å². The van der Waals surface area contributed by atoms with Crippen molar-refractivity contribution >= 4 is 35.0 Å². The molecule has 0 saturated carbocycles. The van der Waals surface area contributed by atoms with Gasteiger partial charge in [-0.1, -0.05) is 25.6 Å². The summed E-state index contributed by atoms with van der Waals surface area (Å²) >= 11 is 4.73. The van der Waals surface area contributed by atoms with Crippen LogP contribution in [0, 0.1) is 11.3 Å². The van der Waals surface area contributed by atoms with Crippen LogP contribution in [0.2, 0.25) is 0 Å². The zero-order valence-electron chi connectivity index (χ0n) is 18.5. The summed E-state index contributed by atoms with van der Waals surface area (Å²) in [6, 6.07) is 15.4. The van der Waals surface area contributed by atoms with Gasteiger partial charge in [0.05, 0.1) is 23.8 Å². The van der Waals surface area contributed by atoms with Gasteiger partial charge >= 0.3 is 0 Å². The van der Waals surface area contributed by atoms with Crippen LogP contribution in [0.1, 0.15) is 19.4 Å². The molecule has 1 aliphatic heterocycles. The van der Waals surface area contributed by atoms with E-state index >= 15 is 0 Å². The average molecular weight is 507 g/mol. The van der Waals surface area contributed by atoms with Gasteiger partial charge in [-0.25, -0.2) is 9.71 Å². The third kappa shape index (κ3) is 5.66. The standard InChI is InChI=1S/C23H16N4O2S3.C2H6/c24-12-17-11-18(32-27-23-25-7-10-31-23)1-3-20(17)29-21-4-2-19(16-6-9-30-14-16)26-22(21)15-5-8-28-13-15;1-2/h1-11,13-14,23,25,27H;1-2H3. The lowest BCUT2D eigenvalue weighted by molar-refractivity contribution is 0.480. The zero-order valence-corrected chi connectivity index (χ0v) is 21.0. The van der Waals surface area contributed by atoms with Crippen LogP contribution in [0.15, 0.2) is 86.7 Å². The second kappa shape index (κ2) is 11.8. The lowest BCUT2D eigenvalue weighted by Crippen LogP contribution is -2.28. The van der Waals surface area contributed by atoms with E-state index in [4.69, 9.17) is 14.1 Å². The monoisotopic (exact) mass is 506 g/mol. The Labute approximate surface area is 211 Å². The molecule has 4 aromatic rings. The van der Waals surface area contributed by atoms with Gasteiger partial charge in [0.15, 0.2) is 5.75 Å². The van der Waals surface area contributed by atoms with Crippen molar-refractivity contribution in [1.82, 2.24) is 15.0 Å². The van der Waals surface area contributed by atoms with Crippen molar-refractivity contribution in [2.45, 2.75) is 24.2 Å². The Balaban J connectivity index is 0.00000133. The normalized spacial score (nSPS) is 14.1. The maximum absolute atomic E-state index is 9.71. The average Bonchev–Trinajstić information content (AvgIpc) is 3.68. The smallest absolute Gasteiger partial charge is 0.153 e. The molecular formula is C25H22N4O2S3. The van der Waals surface area contributed by atoms with Crippen molar-refractivity contribution in [2.75, 3.05) is 0 Å². The lowest BCUT2D eigenvalue weighted by Gasteiger charge is -2.14. The van der Waals surface area contributed by atoms with Crippen LogP contribution in [-0.4, -0.2) is 10.5 Å². The quantitative estimate of drug-likeness (QED) is 0.250. The molecular weight excluding hydrogens is 485 g/mol. The summed E-state index contributed by atoms with van der Waals surface area (Å²) in [7, 11) is 0. The molecule has 0 spiro atoms. The fourth-order valence-electron chi connectivity index (χ4n) is 3.04. The number of nitriles is 1. The zero-order chi connectivity index (χ0) is 23.8. The van der Waals surface area contributed by atoms with Crippen LogP contribution in [0.4, 0.5) is 0 Å². The highest BCUT2D eigenvalue weighted by molar-refractivity contribution is 8.04. The molecule has 9 heteroatoms. The summed E-state index contributed by atoms with van der Waals surface area (Å²) in [4.78, 5) is 5.73. The van der Waals surface area contributed by atoms with Crippen molar-refractivity contribution in [2.24, 2.45) is 0 Å². The third-order valence-electron chi connectivity index (χ3n) is 4.58. The number of hydrogen-bond acceptors (Lipinski definition) is 9. The van der Waals surface area contributed by atoms with Crippen molar-refractivity contribution in [3.63, 3.8) is 0 Å². The predicted molar refractivity (Wildman–Crippen MR) is 140 cm³/mol. The summed E-state index contributed by atoms with van der Waals surface area (Å²) in [6.45, 7) is 4.00. The largest absolute Gasteiger partial charge is 0.472 e. The van der Waals surface area contributed by atoms with E-state index in [1.807, 2.05) is 73.3 Å². The third-order valence-corrected chi connectivity index (χ3v) is 7.07. The topological polar surface area (TPSA) is 83.1 Å². The molecule has 0 radical (unpaired) electrons. The first-order valence-electron chi connectivity index (χ1n) is 10.6. The number of thiophene rings is 1. The highest BCUT2D eigenvalue weighted by Crippen LogP contribution is 2.36. The van der Waals surface area contributed by atoms with Crippen molar-refractivity contribution < 1.29 is 9.15 Å². The number of rotatable bonds is 7. The molecule has 0 bridgehead atoms. The predicted octanol–water partition coefficient (Wildman–Crippen LogP) is 7.45. The van der Waals surface area contributed by atoms with Crippen molar-refractivity contribution in [3.05, 3.63) is 82.9 Å². The van der Waals surface area contributed by atoms with E-state index in [-0.39, 0.29) is 5.50 Å². The number of furan rings is 1. The Hall–Kier alpha value is -3.16. The van der Waals surface area contributed by atoms with E-state index in [0.717, 1.165) is 21.7 Å². The van der Waals surface area contributed by atoms with Crippen molar-refractivity contribution in [1.29, 1.82) is 5.26 Å².